The molecule has 1 atom stereocenters. The van der Waals surface area contributed by atoms with Gasteiger partial charge in [0.2, 0.25) is 11.8 Å². The Morgan fingerprint density at radius 3 is 2.58 bits per heavy atom. The number of rotatable bonds is 6. The van der Waals surface area contributed by atoms with Crippen molar-refractivity contribution < 1.29 is 14.3 Å². The summed E-state index contributed by atoms with van der Waals surface area (Å²) in [6, 6.07) is 9.76. The fourth-order valence-electron chi connectivity index (χ4n) is 2.85. The SMILES string of the molecule is COCC(C)NC(=O)C1CCN(C(=O)/C=C/c2ccccc2)CC1. The van der Waals surface area contributed by atoms with Crippen molar-refractivity contribution in [1.82, 2.24) is 10.2 Å². The van der Waals surface area contributed by atoms with Crippen LogP contribution in [0.1, 0.15) is 25.3 Å². The van der Waals surface area contributed by atoms with Crippen LogP contribution in [-0.4, -0.2) is 49.6 Å². The van der Waals surface area contributed by atoms with Gasteiger partial charge in [0.25, 0.3) is 0 Å². The Labute approximate surface area is 143 Å². The van der Waals surface area contributed by atoms with Gasteiger partial charge in [-0.3, -0.25) is 9.59 Å². The molecule has 1 aromatic carbocycles. The summed E-state index contributed by atoms with van der Waals surface area (Å²) in [7, 11) is 1.62. The number of carbonyl (C=O) groups excluding carboxylic acids is 2. The topological polar surface area (TPSA) is 58.6 Å². The van der Waals surface area contributed by atoms with E-state index in [4.69, 9.17) is 4.74 Å². The molecule has 24 heavy (non-hydrogen) atoms. The number of likely N-dealkylation sites (tertiary alicyclic amines) is 1. The van der Waals surface area contributed by atoms with Crippen LogP contribution in [0.4, 0.5) is 0 Å². The minimum Gasteiger partial charge on any atom is -0.383 e. The van der Waals surface area contributed by atoms with Crippen LogP contribution < -0.4 is 5.32 Å². The summed E-state index contributed by atoms with van der Waals surface area (Å²) in [6.45, 7) is 3.67. The molecule has 1 unspecified atom stereocenters. The summed E-state index contributed by atoms with van der Waals surface area (Å²) in [5.41, 5.74) is 1.01. The van der Waals surface area contributed by atoms with Gasteiger partial charge in [0.1, 0.15) is 0 Å². The fourth-order valence-corrected chi connectivity index (χ4v) is 2.85. The molecule has 130 valence electrons. The van der Waals surface area contributed by atoms with E-state index in [9.17, 15) is 9.59 Å². The maximum atomic E-state index is 12.2. The van der Waals surface area contributed by atoms with E-state index in [2.05, 4.69) is 5.32 Å². The van der Waals surface area contributed by atoms with Crippen molar-refractivity contribution in [3.8, 4) is 0 Å². The number of hydrogen-bond acceptors (Lipinski definition) is 3. The fraction of sp³-hybridized carbons (Fsp3) is 0.474. The molecule has 5 heteroatoms. The lowest BCUT2D eigenvalue weighted by molar-refractivity contribution is -0.132. The van der Waals surface area contributed by atoms with Crippen LogP contribution in [0.15, 0.2) is 36.4 Å². The monoisotopic (exact) mass is 330 g/mol. The predicted molar refractivity (Wildman–Crippen MR) is 94.3 cm³/mol. The zero-order chi connectivity index (χ0) is 17.4. The van der Waals surface area contributed by atoms with E-state index in [0.29, 0.717) is 32.5 Å². The lowest BCUT2D eigenvalue weighted by Crippen LogP contribution is -2.45. The molecule has 1 heterocycles. The summed E-state index contributed by atoms with van der Waals surface area (Å²) < 4.78 is 5.03. The van der Waals surface area contributed by atoms with Gasteiger partial charge in [-0.05, 0) is 31.4 Å². The molecular formula is C19H26N2O3. The van der Waals surface area contributed by atoms with Crippen LogP contribution in [0.5, 0.6) is 0 Å². The summed E-state index contributed by atoms with van der Waals surface area (Å²) >= 11 is 0. The Morgan fingerprint density at radius 2 is 1.96 bits per heavy atom. The first-order valence-electron chi connectivity index (χ1n) is 8.41. The third-order valence-electron chi connectivity index (χ3n) is 4.20. The van der Waals surface area contributed by atoms with E-state index in [0.717, 1.165) is 5.56 Å². The Morgan fingerprint density at radius 1 is 1.29 bits per heavy atom. The molecule has 2 amide bonds. The average molecular weight is 330 g/mol. The Kier molecular flexibility index (Phi) is 7.00. The molecule has 1 aromatic rings. The van der Waals surface area contributed by atoms with Crippen LogP contribution in [-0.2, 0) is 14.3 Å². The number of nitrogens with one attached hydrogen (secondary N) is 1. The van der Waals surface area contributed by atoms with Crippen LogP contribution in [0.2, 0.25) is 0 Å². The van der Waals surface area contributed by atoms with E-state index in [-0.39, 0.29) is 23.8 Å². The first kappa shape index (κ1) is 18.2. The van der Waals surface area contributed by atoms with Gasteiger partial charge in [-0.15, -0.1) is 0 Å². The molecule has 1 aliphatic heterocycles. The number of ether oxygens (including phenoxy) is 1. The third kappa shape index (κ3) is 5.49. The van der Waals surface area contributed by atoms with Crippen LogP contribution >= 0.6 is 0 Å². The lowest BCUT2D eigenvalue weighted by Gasteiger charge is -2.31. The van der Waals surface area contributed by atoms with Crippen molar-refractivity contribution in [2.24, 2.45) is 5.92 Å². The molecule has 0 spiro atoms. The maximum Gasteiger partial charge on any atom is 0.246 e. The van der Waals surface area contributed by atoms with Crippen molar-refractivity contribution in [2.45, 2.75) is 25.8 Å². The van der Waals surface area contributed by atoms with Crippen molar-refractivity contribution in [3.63, 3.8) is 0 Å². The van der Waals surface area contributed by atoms with Crippen molar-refractivity contribution in [3.05, 3.63) is 42.0 Å². The number of amides is 2. The number of carbonyl (C=O) groups is 2. The van der Waals surface area contributed by atoms with Gasteiger partial charge in [-0.1, -0.05) is 30.3 Å². The zero-order valence-electron chi connectivity index (χ0n) is 14.4. The molecular weight excluding hydrogens is 304 g/mol. The van der Waals surface area contributed by atoms with Gasteiger partial charge in [0, 0.05) is 38.2 Å². The third-order valence-corrected chi connectivity index (χ3v) is 4.20. The minimum absolute atomic E-state index is 0.00506. The summed E-state index contributed by atoms with van der Waals surface area (Å²) in [5, 5.41) is 2.96. The van der Waals surface area contributed by atoms with E-state index in [1.165, 1.54) is 0 Å². The zero-order valence-corrected chi connectivity index (χ0v) is 14.4. The molecule has 1 aliphatic rings. The number of benzene rings is 1. The van der Waals surface area contributed by atoms with Crippen molar-refractivity contribution in [2.75, 3.05) is 26.8 Å². The van der Waals surface area contributed by atoms with E-state index in [1.807, 2.05) is 48.2 Å². The van der Waals surface area contributed by atoms with Crippen LogP contribution in [0.3, 0.4) is 0 Å². The highest BCUT2D eigenvalue weighted by Crippen LogP contribution is 2.18. The number of methoxy groups -OCH3 is 1. The van der Waals surface area contributed by atoms with Gasteiger partial charge in [-0.2, -0.15) is 0 Å². The molecule has 1 fully saturated rings. The summed E-state index contributed by atoms with van der Waals surface area (Å²) in [6.07, 6.45) is 4.84. The first-order chi connectivity index (χ1) is 11.6. The predicted octanol–water partition coefficient (Wildman–Crippen LogP) is 2.09. The highest BCUT2D eigenvalue weighted by Gasteiger charge is 2.27. The largest absolute Gasteiger partial charge is 0.383 e. The molecule has 0 aliphatic carbocycles. The minimum atomic E-state index is -0.0218. The Balaban J connectivity index is 1.78. The van der Waals surface area contributed by atoms with E-state index in [1.54, 1.807) is 13.2 Å². The molecule has 0 saturated carbocycles. The smallest absolute Gasteiger partial charge is 0.246 e. The van der Waals surface area contributed by atoms with Crippen molar-refractivity contribution >= 4 is 17.9 Å². The Bertz CT molecular complexity index is 563. The second-order valence-electron chi connectivity index (χ2n) is 6.21. The van der Waals surface area contributed by atoms with Gasteiger partial charge >= 0.3 is 0 Å². The van der Waals surface area contributed by atoms with Gasteiger partial charge in [0.05, 0.1) is 6.61 Å². The molecule has 0 bridgehead atoms. The highest BCUT2D eigenvalue weighted by atomic mass is 16.5. The first-order valence-corrected chi connectivity index (χ1v) is 8.41. The second kappa shape index (κ2) is 9.23. The van der Waals surface area contributed by atoms with Crippen LogP contribution in [0.25, 0.3) is 6.08 Å². The summed E-state index contributed by atoms with van der Waals surface area (Å²) in [5.74, 6) is 0.0448. The van der Waals surface area contributed by atoms with Crippen molar-refractivity contribution in [1.29, 1.82) is 0 Å². The average Bonchev–Trinajstić information content (AvgIpc) is 2.61. The molecule has 1 saturated heterocycles. The second-order valence-corrected chi connectivity index (χ2v) is 6.21. The number of hydrogen-bond donors (Lipinski definition) is 1. The normalized spacial score (nSPS) is 17.0. The quantitative estimate of drug-likeness (QED) is 0.813. The molecule has 2 rings (SSSR count). The number of piperidine rings is 1. The van der Waals surface area contributed by atoms with E-state index >= 15 is 0 Å². The molecule has 0 aromatic heterocycles. The maximum absolute atomic E-state index is 12.2. The molecule has 0 radical (unpaired) electrons. The summed E-state index contributed by atoms with van der Waals surface area (Å²) in [4.78, 5) is 26.2. The van der Waals surface area contributed by atoms with Gasteiger partial charge < -0.3 is 15.0 Å². The Hall–Kier alpha value is -2.14. The molecule has 1 N–H and O–H groups in total. The van der Waals surface area contributed by atoms with Gasteiger partial charge in [0.15, 0.2) is 0 Å². The molecule has 5 nitrogen and oxygen atoms in total. The highest BCUT2D eigenvalue weighted by molar-refractivity contribution is 5.92. The van der Waals surface area contributed by atoms with Crippen LogP contribution in [0, 0.1) is 5.92 Å². The standard InChI is InChI=1S/C19H26N2O3/c1-15(14-24-2)20-19(23)17-10-12-21(13-11-17)18(22)9-8-16-6-4-3-5-7-16/h3-9,15,17H,10-14H2,1-2H3,(H,20,23)/b9-8+. The van der Waals surface area contributed by atoms with E-state index < -0.39 is 0 Å². The number of nitrogens with zero attached hydrogens (tertiary/aromatic N) is 1. The van der Waals surface area contributed by atoms with Gasteiger partial charge in [-0.25, -0.2) is 0 Å². The lowest BCUT2D eigenvalue weighted by atomic mass is 9.95.